The Hall–Kier alpha value is -3.55. The van der Waals surface area contributed by atoms with Gasteiger partial charge < -0.3 is 23.5 Å². The Morgan fingerprint density at radius 1 is 1.00 bits per heavy atom. The van der Waals surface area contributed by atoms with Crippen molar-refractivity contribution >= 4 is 5.97 Å². The molecule has 3 aromatic rings. The molecule has 0 saturated carbocycles. The predicted octanol–water partition coefficient (Wildman–Crippen LogP) is 3.12. The Kier molecular flexibility index (Phi) is 5.55. The van der Waals surface area contributed by atoms with Gasteiger partial charge in [-0.05, 0) is 12.1 Å². The smallest absolute Gasteiger partial charge is 0.338 e. The summed E-state index contributed by atoms with van der Waals surface area (Å²) in [6.45, 7) is -0.157. The highest BCUT2D eigenvalue weighted by Crippen LogP contribution is 2.38. The number of carbonyl (C=O) groups is 1. The van der Waals surface area contributed by atoms with Gasteiger partial charge in [-0.3, -0.25) is 0 Å². The van der Waals surface area contributed by atoms with Crippen LogP contribution in [0.15, 0.2) is 47.0 Å². The molecule has 140 valence electrons. The summed E-state index contributed by atoms with van der Waals surface area (Å²) in [6.07, 6.45) is 0. The number of aromatic nitrogens is 2. The van der Waals surface area contributed by atoms with Crippen LogP contribution < -0.4 is 14.2 Å². The standard InChI is InChI=1S/C19H18N2O6/c1-23-14-9-13(10-15(24-2)17(14)25-3)19(22)26-11-16-20-18(21-27-16)12-7-5-4-6-8-12/h4-10H,11H2,1-3H3. The summed E-state index contributed by atoms with van der Waals surface area (Å²) in [5.74, 6) is 1.12. The van der Waals surface area contributed by atoms with Crippen LogP contribution in [0.5, 0.6) is 17.2 Å². The Labute approximate surface area is 155 Å². The van der Waals surface area contributed by atoms with Crippen LogP contribution in [0.3, 0.4) is 0 Å². The molecule has 2 aromatic carbocycles. The molecule has 0 spiro atoms. The number of hydrogen-bond donors (Lipinski definition) is 0. The Morgan fingerprint density at radius 2 is 1.67 bits per heavy atom. The van der Waals surface area contributed by atoms with Crippen LogP contribution in [0.1, 0.15) is 16.2 Å². The molecule has 0 N–H and O–H groups in total. The molecule has 0 atom stereocenters. The van der Waals surface area contributed by atoms with Crippen molar-refractivity contribution in [2.24, 2.45) is 0 Å². The maximum absolute atomic E-state index is 12.4. The molecular formula is C19H18N2O6. The summed E-state index contributed by atoms with van der Waals surface area (Å²) < 4.78 is 26.1. The first-order valence-electron chi connectivity index (χ1n) is 8.01. The van der Waals surface area contributed by atoms with E-state index in [1.165, 1.54) is 33.5 Å². The van der Waals surface area contributed by atoms with E-state index in [-0.39, 0.29) is 18.1 Å². The SMILES string of the molecule is COc1cc(C(=O)OCc2nc(-c3ccccc3)no2)cc(OC)c1OC. The predicted molar refractivity (Wildman–Crippen MR) is 95.0 cm³/mol. The van der Waals surface area contributed by atoms with Crippen LogP contribution in [-0.2, 0) is 11.3 Å². The first kappa shape index (κ1) is 18.2. The average Bonchev–Trinajstić information content (AvgIpc) is 3.20. The summed E-state index contributed by atoms with van der Waals surface area (Å²) >= 11 is 0. The first-order valence-corrected chi connectivity index (χ1v) is 8.01. The van der Waals surface area contributed by atoms with Crippen molar-refractivity contribution in [3.63, 3.8) is 0 Å². The summed E-state index contributed by atoms with van der Waals surface area (Å²) in [4.78, 5) is 16.6. The summed E-state index contributed by atoms with van der Waals surface area (Å²) in [6, 6.07) is 12.4. The fourth-order valence-corrected chi connectivity index (χ4v) is 2.43. The summed E-state index contributed by atoms with van der Waals surface area (Å²) in [7, 11) is 4.42. The molecule has 8 heteroatoms. The second-order valence-electron chi connectivity index (χ2n) is 5.37. The van der Waals surface area contributed by atoms with E-state index in [1.54, 1.807) is 0 Å². The first-order chi connectivity index (χ1) is 13.2. The van der Waals surface area contributed by atoms with Gasteiger partial charge in [0.2, 0.25) is 11.6 Å². The quantitative estimate of drug-likeness (QED) is 0.586. The molecule has 0 amide bonds. The van der Waals surface area contributed by atoms with Crippen molar-refractivity contribution in [3.05, 3.63) is 53.9 Å². The third-order valence-corrected chi connectivity index (χ3v) is 3.73. The van der Waals surface area contributed by atoms with Gasteiger partial charge in [-0.2, -0.15) is 4.98 Å². The summed E-state index contributed by atoms with van der Waals surface area (Å²) in [5.41, 5.74) is 1.05. The van der Waals surface area contributed by atoms with Gasteiger partial charge in [0.1, 0.15) is 0 Å². The van der Waals surface area contributed by atoms with E-state index < -0.39 is 5.97 Å². The topological polar surface area (TPSA) is 92.9 Å². The van der Waals surface area contributed by atoms with Gasteiger partial charge in [0, 0.05) is 5.56 Å². The number of esters is 1. The molecule has 3 rings (SSSR count). The van der Waals surface area contributed by atoms with Gasteiger partial charge in [0.15, 0.2) is 18.1 Å². The van der Waals surface area contributed by atoms with Crippen molar-refractivity contribution in [1.82, 2.24) is 10.1 Å². The second-order valence-corrected chi connectivity index (χ2v) is 5.37. The Balaban J connectivity index is 1.72. The molecule has 0 aliphatic rings. The Bertz CT molecular complexity index is 898. The Morgan fingerprint density at radius 3 is 2.26 bits per heavy atom. The third-order valence-electron chi connectivity index (χ3n) is 3.73. The average molecular weight is 370 g/mol. The highest BCUT2D eigenvalue weighted by molar-refractivity contribution is 5.91. The normalized spacial score (nSPS) is 10.3. The minimum Gasteiger partial charge on any atom is -0.493 e. The van der Waals surface area contributed by atoms with Gasteiger partial charge >= 0.3 is 5.97 Å². The van der Waals surface area contributed by atoms with E-state index in [0.717, 1.165) is 5.56 Å². The number of nitrogens with zero attached hydrogens (tertiary/aromatic N) is 2. The van der Waals surface area contributed by atoms with E-state index in [9.17, 15) is 4.79 Å². The summed E-state index contributed by atoms with van der Waals surface area (Å²) in [5, 5.41) is 3.88. The van der Waals surface area contributed by atoms with Crippen molar-refractivity contribution in [3.8, 4) is 28.6 Å². The monoisotopic (exact) mass is 370 g/mol. The van der Waals surface area contributed by atoms with Crippen LogP contribution in [-0.4, -0.2) is 37.4 Å². The molecule has 1 heterocycles. The molecule has 0 aliphatic heterocycles. The lowest BCUT2D eigenvalue weighted by Gasteiger charge is -2.13. The second kappa shape index (κ2) is 8.22. The molecule has 1 aromatic heterocycles. The molecule has 8 nitrogen and oxygen atoms in total. The lowest BCUT2D eigenvalue weighted by molar-refractivity contribution is 0.0429. The van der Waals surface area contributed by atoms with Crippen LogP contribution in [0.2, 0.25) is 0 Å². The van der Waals surface area contributed by atoms with Crippen LogP contribution in [0, 0.1) is 0 Å². The number of ether oxygens (including phenoxy) is 4. The zero-order valence-corrected chi connectivity index (χ0v) is 15.1. The minimum absolute atomic E-state index is 0.157. The van der Waals surface area contributed by atoms with E-state index in [2.05, 4.69) is 10.1 Å². The maximum atomic E-state index is 12.4. The highest BCUT2D eigenvalue weighted by atomic mass is 16.6. The van der Waals surface area contributed by atoms with Crippen LogP contribution in [0.25, 0.3) is 11.4 Å². The van der Waals surface area contributed by atoms with Gasteiger partial charge in [-0.15, -0.1) is 0 Å². The van der Waals surface area contributed by atoms with Crippen LogP contribution in [0.4, 0.5) is 0 Å². The van der Waals surface area contributed by atoms with E-state index in [4.69, 9.17) is 23.5 Å². The number of hydrogen-bond acceptors (Lipinski definition) is 8. The number of benzene rings is 2. The number of methoxy groups -OCH3 is 3. The fourth-order valence-electron chi connectivity index (χ4n) is 2.43. The number of rotatable bonds is 7. The maximum Gasteiger partial charge on any atom is 0.338 e. The number of carbonyl (C=O) groups excluding carboxylic acids is 1. The van der Waals surface area contributed by atoms with Crippen molar-refractivity contribution in [2.75, 3.05) is 21.3 Å². The molecular weight excluding hydrogens is 352 g/mol. The third kappa shape index (κ3) is 4.00. The van der Waals surface area contributed by atoms with Crippen molar-refractivity contribution in [2.45, 2.75) is 6.61 Å². The van der Waals surface area contributed by atoms with Crippen LogP contribution >= 0.6 is 0 Å². The highest BCUT2D eigenvalue weighted by Gasteiger charge is 2.19. The van der Waals surface area contributed by atoms with Gasteiger partial charge in [-0.1, -0.05) is 35.5 Å². The molecule has 27 heavy (non-hydrogen) atoms. The van der Waals surface area contributed by atoms with Gasteiger partial charge in [-0.25, -0.2) is 4.79 Å². The fraction of sp³-hybridized carbons (Fsp3) is 0.211. The zero-order chi connectivity index (χ0) is 19.2. The van der Waals surface area contributed by atoms with E-state index in [1.807, 2.05) is 30.3 Å². The molecule has 0 unspecified atom stereocenters. The van der Waals surface area contributed by atoms with Gasteiger partial charge in [0.05, 0.1) is 26.9 Å². The minimum atomic E-state index is -0.589. The molecule has 0 fully saturated rings. The molecule has 0 bridgehead atoms. The largest absolute Gasteiger partial charge is 0.493 e. The van der Waals surface area contributed by atoms with Gasteiger partial charge in [0.25, 0.3) is 5.89 Å². The van der Waals surface area contributed by atoms with Crippen molar-refractivity contribution < 1.29 is 28.3 Å². The molecule has 0 saturated heterocycles. The van der Waals surface area contributed by atoms with E-state index in [0.29, 0.717) is 23.1 Å². The molecule has 0 aliphatic carbocycles. The lowest BCUT2D eigenvalue weighted by atomic mass is 10.2. The van der Waals surface area contributed by atoms with Crippen molar-refractivity contribution in [1.29, 1.82) is 0 Å². The zero-order valence-electron chi connectivity index (χ0n) is 15.1. The van der Waals surface area contributed by atoms with E-state index >= 15 is 0 Å². The lowest BCUT2D eigenvalue weighted by Crippen LogP contribution is -2.07. The molecule has 0 radical (unpaired) electrons.